The van der Waals surface area contributed by atoms with Crippen LogP contribution in [0.3, 0.4) is 0 Å². The molecule has 0 radical (unpaired) electrons. The molecule has 8 heteroatoms. The van der Waals surface area contributed by atoms with Gasteiger partial charge in [0.05, 0.1) is 19.8 Å². The quantitative estimate of drug-likeness (QED) is 0.224. The molecule has 0 spiro atoms. The lowest BCUT2D eigenvalue weighted by Gasteiger charge is -2.41. The first-order valence-corrected chi connectivity index (χ1v) is 14.0. The Morgan fingerprint density at radius 3 is 1.67 bits per heavy atom. The maximum Gasteiger partial charge on any atom is 0.104 e. The van der Waals surface area contributed by atoms with Crippen molar-refractivity contribution >= 4 is 7.82 Å². The zero-order valence-corrected chi connectivity index (χ0v) is 21.9. The van der Waals surface area contributed by atoms with E-state index in [0.717, 1.165) is 13.2 Å². The van der Waals surface area contributed by atoms with E-state index in [4.69, 9.17) is 24.0 Å². The van der Waals surface area contributed by atoms with Crippen LogP contribution in [0.5, 0.6) is 0 Å². The van der Waals surface area contributed by atoms with E-state index in [0.29, 0.717) is 0 Å². The highest BCUT2D eigenvalue weighted by molar-refractivity contribution is 7.40. The molecule has 0 aromatic heterocycles. The first-order valence-electron chi connectivity index (χ1n) is 12.5. The first kappa shape index (κ1) is 32.2. The van der Waals surface area contributed by atoms with Gasteiger partial charge in [-0.25, -0.2) is 0 Å². The number of unbranched alkanes of at least 4 members (excludes halogenated alkanes) is 11. The second-order valence-corrected chi connectivity index (χ2v) is 10.00. The van der Waals surface area contributed by atoms with E-state index in [1.165, 1.54) is 113 Å². The molecule has 194 valence electrons. The number of nitrogens with zero attached hydrogens (tertiary/aromatic N) is 1. The number of rotatable bonds is 15. The Morgan fingerprint density at radius 2 is 1.21 bits per heavy atom. The Balaban J connectivity index is 0.00000154. The van der Waals surface area contributed by atoms with Crippen LogP contribution in [0.15, 0.2) is 30.3 Å². The largest absolute Gasteiger partial charge is 0.822 e. The van der Waals surface area contributed by atoms with Gasteiger partial charge in [-0.1, -0.05) is 101 Å². The van der Waals surface area contributed by atoms with Crippen LogP contribution in [0.1, 0.15) is 89.5 Å². The number of hydrogen-bond donors (Lipinski definition) is 1. The summed E-state index contributed by atoms with van der Waals surface area (Å²) in [5, 5.41) is 0. The van der Waals surface area contributed by atoms with E-state index < -0.39 is 7.82 Å². The van der Waals surface area contributed by atoms with Crippen molar-refractivity contribution in [2.24, 2.45) is 0 Å². The van der Waals surface area contributed by atoms with Gasteiger partial charge in [0.15, 0.2) is 0 Å². The molecule has 4 N–H and O–H groups in total. The number of ether oxygens (including phenoxy) is 1. The summed E-state index contributed by atoms with van der Waals surface area (Å²) in [6.07, 6.45) is 17.2. The number of phosphoric acid groups is 1. The first-order chi connectivity index (χ1) is 15.3. The third-order valence-electron chi connectivity index (χ3n) is 6.27. The van der Waals surface area contributed by atoms with Crippen LogP contribution < -0.4 is 20.8 Å². The molecule has 1 aliphatic rings. The Kier molecular flexibility index (Phi) is 19.0. The summed E-state index contributed by atoms with van der Waals surface area (Å²) >= 11 is 0. The second kappa shape index (κ2) is 19.5. The van der Waals surface area contributed by atoms with Crippen molar-refractivity contribution in [2.75, 3.05) is 32.8 Å². The van der Waals surface area contributed by atoms with E-state index >= 15 is 0 Å². The zero-order valence-electron chi connectivity index (χ0n) is 21.1. The minimum absolute atomic E-state index is 0. The fourth-order valence-electron chi connectivity index (χ4n) is 4.45. The molecule has 33 heavy (non-hydrogen) atoms. The predicted molar refractivity (Wildman–Crippen MR) is 130 cm³/mol. The van der Waals surface area contributed by atoms with Crippen LogP contribution in [0.4, 0.5) is 0 Å². The molecular weight excluding hydrogens is 439 g/mol. The van der Waals surface area contributed by atoms with Gasteiger partial charge in [0.25, 0.3) is 0 Å². The van der Waals surface area contributed by atoms with Crippen molar-refractivity contribution in [1.29, 1.82) is 0 Å². The Hall–Kier alpha value is -0.790. The van der Waals surface area contributed by atoms with E-state index in [2.05, 4.69) is 37.3 Å². The van der Waals surface area contributed by atoms with Crippen LogP contribution >= 0.6 is 7.82 Å². The molecule has 1 heterocycles. The van der Waals surface area contributed by atoms with Gasteiger partial charge in [0.2, 0.25) is 0 Å². The smallest absolute Gasteiger partial charge is 0.104 e. The molecule has 0 atom stereocenters. The van der Waals surface area contributed by atoms with E-state index in [9.17, 15) is 0 Å². The SMILES string of the molecule is CCCCCCCCCCCCCC[N+]1(Cc2ccccc2)CCOCC1.O=P([O-])([O-])[O-].[NH4+]. The monoisotopic (exact) mass is 487 g/mol. The summed E-state index contributed by atoms with van der Waals surface area (Å²) < 4.78 is 15.4. The molecule has 1 aromatic rings. The fraction of sp³-hybridized carbons (Fsp3) is 0.760. The lowest BCUT2D eigenvalue weighted by atomic mass is 10.0. The highest BCUT2D eigenvalue weighted by atomic mass is 31.2. The number of morpholine rings is 1. The van der Waals surface area contributed by atoms with Crippen LogP contribution in [-0.4, -0.2) is 37.3 Å². The second-order valence-electron chi connectivity index (χ2n) is 9.10. The van der Waals surface area contributed by atoms with Gasteiger partial charge >= 0.3 is 0 Å². The molecule has 1 fully saturated rings. The molecule has 0 amide bonds. The van der Waals surface area contributed by atoms with Crippen LogP contribution in [0.25, 0.3) is 0 Å². The van der Waals surface area contributed by atoms with Crippen molar-refractivity contribution in [3.63, 3.8) is 0 Å². The standard InChI is InChI=1S/C25H44NO.H3N.H3O4P/c1-2-3-4-5-6-7-8-9-10-11-12-16-19-26(20-22-27-23-21-26)24-25-17-14-13-15-18-25;;1-5(2,3)4/h13-15,17-18H,2-12,16,19-24H2,1H3;1H3;(H3,1,2,3,4)/q+1;;/p-2. The third kappa shape index (κ3) is 19.2. The van der Waals surface area contributed by atoms with Gasteiger partial charge in [-0.2, -0.15) is 7.82 Å². The highest BCUT2D eigenvalue weighted by Crippen LogP contribution is 2.20. The van der Waals surface area contributed by atoms with Gasteiger partial charge in [-0.3, -0.25) is 0 Å². The maximum atomic E-state index is 8.55. The van der Waals surface area contributed by atoms with Gasteiger partial charge in [0, 0.05) is 5.56 Å². The van der Waals surface area contributed by atoms with E-state index in [1.807, 2.05) is 0 Å². The number of benzene rings is 1. The van der Waals surface area contributed by atoms with E-state index in [1.54, 1.807) is 0 Å². The fourth-order valence-corrected chi connectivity index (χ4v) is 4.45. The number of hydrogen-bond acceptors (Lipinski definition) is 5. The lowest BCUT2D eigenvalue weighted by molar-refractivity contribution is -0.947. The van der Waals surface area contributed by atoms with Gasteiger partial charge in [-0.15, -0.1) is 0 Å². The predicted octanol–water partition coefficient (Wildman–Crippen LogP) is 4.29. The summed E-state index contributed by atoms with van der Waals surface area (Å²) in [5.74, 6) is 0. The van der Waals surface area contributed by atoms with Crippen molar-refractivity contribution in [3.8, 4) is 0 Å². The molecule has 0 bridgehead atoms. The van der Waals surface area contributed by atoms with Gasteiger partial charge < -0.3 is 34.6 Å². The highest BCUT2D eigenvalue weighted by Gasteiger charge is 2.29. The Labute approximate surface area is 202 Å². The maximum absolute atomic E-state index is 8.55. The summed E-state index contributed by atoms with van der Waals surface area (Å²) in [5.41, 5.74) is 1.48. The number of quaternary nitrogens is 2. The summed E-state index contributed by atoms with van der Waals surface area (Å²) in [7, 11) is -5.39. The van der Waals surface area contributed by atoms with Crippen molar-refractivity contribution < 1.29 is 28.5 Å². The van der Waals surface area contributed by atoms with Gasteiger partial charge in [0.1, 0.15) is 19.6 Å². The molecule has 1 saturated heterocycles. The van der Waals surface area contributed by atoms with Crippen LogP contribution in [0.2, 0.25) is 0 Å². The summed E-state index contributed by atoms with van der Waals surface area (Å²) in [4.78, 5) is 25.6. The molecule has 1 aliphatic heterocycles. The summed E-state index contributed by atoms with van der Waals surface area (Å²) in [6, 6.07) is 11.1. The normalized spacial score (nSPS) is 15.3. The molecule has 7 nitrogen and oxygen atoms in total. The lowest BCUT2D eigenvalue weighted by Crippen LogP contribution is -2.54. The van der Waals surface area contributed by atoms with Crippen LogP contribution in [0, 0.1) is 0 Å². The van der Waals surface area contributed by atoms with Crippen molar-refractivity contribution in [2.45, 2.75) is 90.5 Å². The Morgan fingerprint density at radius 1 is 0.788 bits per heavy atom. The molecule has 1 aromatic carbocycles. The minimum atomic E-state index is -5.39. The molecule has 0 aliphatic carbocycles. The molecule has 0 saturated carbocycles. The third-order valence-corrected chi connectivity index (χ3v) is 6.27. The average molecular weight is 488 g/mol. The van der Waals surface area contributed by atoms with Crippen LogP contribution in [-0.2, 0) is 15.8 Å². The minimum Gasteiger partial charge on any atom is -0.822 e. The Bertz CT molecular complexity index is 598. The van der Waals surface area contributed by atoms with Gasteiger partial charge in [-0.05, 0) is 12.8 Å². The van der Waals surface area contributed by atoms with Crippen molar-refractivity contribution in [3.05, 3.63) is 35.9 Å². The molecule has 2 rings (SSSR count). The van der Waals surface area contributed by atoms with E-state index in [-0.39, 0.29) is 6.15 Å². The zero-order chi connectivity index (χ0) is 23.5. The van der Waals surface area contributed by atoms with Crippen molar-refractivity contribution in [1.82, 2.24) is 6.15 Å². The summed E-state index contributed by atoms with van der Waals surface area (Å²) in [6.45, 7) is 9.05. The molecule has 0 unspecified atom stereocenters. The average Bonchev–Trinajstić information content (AvgIpc) is 2.75. The topological polar surface area (TPSA) is 132 Å². The molecular formula is C25H48N2O5P-.